The van der Waals surface area contributed by atoms with Crippen LogP contribution in [0.2, 0.25) is 0 Å². The molecule has 1 atom stereocenters. The van der Waals surface area contributed by atoms with E-state index in [0.29, 0.717) is 5.69 Å². The van der Waals surface area contributed by atoms with Crippen molar-refractivity contribution < 1.29 is 13.2 Å². The van der Waals surface area contributed by atoms with E-state index in [0.717, 1.165) is 24.7 Å². The van der Waals surface area contributed by atoms with E-state index in [9.17, 15) is 13.2 Å². The van der Waals surface area contributed by atoms with Gasteiger partial charge in [-0.2, -0.15) is 13.2 Å². The maximum atomic E-state index is 12.6. The molecule has 0 bridgehead atoms. The fraction of sp³-hybridized carbons (Fsp3) is 0.500. The van der Waals surface area contributed by atoms with Crippen LogP contribution in [0.25, 0.3) is 0 Å². The molecule has 0 fully saturated rings. The average Bonchev–Trinajstić information content (AvgIpc) is 2.37. The highest BCUT2D eigenvalue weighted by atomic mass is 19.4. The van der Waals surface area contributed by atoms with E-state index in [1.807, 2.05) is 18.9 Å². The van der Waals surface area contributed by atoms with Crippen molar-refractivity contribution in [1.82, 2.24) is 0 Å². The minimum atomic E-state index is -4.28. The second-order valence-corrected chi connectivity index (χ2v) is 4.49. The summed E-state index contributed by atoms with van der Waals surface area (Å²) in [5, 5.41) is 3.22. The summed E-state index contributed by atoms with van der Waals surface area (Å²) in [4.78, 5) is 1.86. The summed E-state index contributed by atoms with van der Waals surface area (Å²) in [5.74, 6) is 0. The lowest BCUT2D eigenvalue weighted by atomic mass is 10.1. The van der Waals surface area contributed by atoms with Crippen molar-refractivity contribution in [3.8, 4) is 0 Å². The molecule has 0 saturated heterocycles. The highest BCUT2D eigenvalue weighted by Gasteiger charge is 2.31. The summed E-state index contributed by atoms with van der Waals surface area (Å²) in [6.45, 7) is 2.78. The van der Waals surface area contributed by atoms with Crippen molar-refractivity contribution in [3.05, 3.63) is 23.8 Å². The molecule has 0 spiro atoms. The van der Waals surface area contributed by atoms with Crippen LogP contribution in [-0.4, -0.2) is 19.6 Å². The molecule has 1 aromatic rings. The predicted octanol–water partition coefficient (Wildman–Crippen LogP) is 3.35. The number of nitrogens with zero attached hydrogens (tertiary/aromatic N) is 1. The number of anilines is 2. The maximum Gasteiger partial charge on any atom is 0.416 e. The summed E-state index contributed by atoms with van der Waals surface area (Å²) >= 11 is 0. The van der Waals surface area contributed by atoms with Crippen LogP contribution in [0.15, 0.2) is 18.2 Å². The zero-order chi connectivity index (χ0) is 12.6. The Morgan fingerprint density at radius 2 is 2.06 bits per heavy atom. The zero-order valence-corrected chi connectivity index (χ0v) is 9.80. The van der Waals surface area contributed by atoms with Crippen molar-refractivity contribution in [2.75, 3.05) is 23.8 Å². The summed E-state index contributed by atoms with van der Waals surface area (Å²) < 4.78 is 37.9. The minimum Gasteiger partial charge on any atom is -0.381 e. The molecule has 0 aliphatic carbocycles. The van der Waals surface area contributed by atoms with Gasteiger partial charge < -0.3 is 10.2 Å². The largest absolute Gasteiger partial charge is 0.416 e. The van der Waals surface area contributed by atoms with Gasteiger partial charge in [0.05, 0.1) is 16.9 Å². The average molecular weight is 244 g/mol. The second-order valence-electron chi connectivity index (χ2n) is 4.49. The Bertz CT molecular complexity index is 415. The van der Waals surface area contributed by atoms with E-state index in [2.05, 4.69) is 5.32 Å². The first-order valence-corrected chi connectivity index (χ1v) is 5.57. The van der Waals surface area contributed by atoms with E-state index >= 15 is 0 Å². The molecular formula is C12H15F3N2. The molecule has 0 saturated carbocycles. The van der Waals surface area contributed by atoms with Gasteiger partial charge in [-0.15, -0.1) is 0 Å². The summed E-state index contributed by atoms with van der Waals surface area (Å²) in [7, 11) is 1.82. The fourth-order valence-electron chi connectivity index (χ4n) is 1.99. The molecule has 2 nitrogen and oxygen atoms in total. The first-order valence-electron chi connectivity index (χ1n) is 5.57. The summed E-state index contributed by atoms with van der Waals surface area (Å²) in [6.07, 6.45) is -3.37. The molecule has 1 aliphatic rings. The SMILES string of the molecule is CC1CCN(C)c2cc(C(F)(F)F)ccc2N1. The Labute approximate surface area is 98.4 Å². The van der Waals surface area contributed by atoms with Crippen LogP contribution in [0.4, 0.5) is 24.5 Å². The van der Waals surface area contributed by atoms with Crippen molar-refractivity contribution in [2.24, 2.45) is 0 Å². The molecule has 94 valence electrons. The third kappa shape index (κ3) is 2.48. The second kappa shape index (κ2) is 4.13. The van der Waals surface area contributed by atoms with Crippen LogP contribution >= 0.6 is 0 Å². The van der Waals surface area contributed by atoms with E-state index in [1.54, 1.807) is 0 Å². The van der Waals surface area contributed by atoms with Crippen LogP contribution in [0.1, 0.15) is 18.9 Å². The highest BCUT2D eigenvalue weighted by molar-refractivity contribution is 5.72. The van der Waals surface area contributed by atoms with Gasteiger partial charge in [0.2, 0.25) is 0 Å². The Morgan fingerprint density at radius 1 is 1.35 bits per heavy atom. The minimum absolute atomic E-state index is 0.274. The quantitative estimate of drug-likeness (QED) is 0.753. The van der Waals surface area contributed by atoms with E-state index in [-0.39, 0.29) is 6.04 Å². The molecule has 1 unspecified atom stereocenters. The highest BCUT2D eigenvalue weighted by Crippen LogP contribution is 2.36. The van der Waals surface area contributed by atoms with Crippen LogP contribution < -0.4 is 10.2 Å². The van der Waals surface area contributed by atoms with Gasteiger partial charge in [0.1, 0.15) is 0 Å². The standard InChI is InChI=1S/C12H15F3N2/c1-8-5-6-17(2)11-7-9(12(13,14)15)3-4-10(11)16-8/h3-4,7-8,16H,5-6H2,1-2H3. The first kappa shape index (κ1) is 12.1. The van der Waals surface area contributed by atoms with E-state index in [4.69, 9.17) is 0 Å². The first-order chi connectivity index (χ1) is 7.88. The number of benzene rings is 1. The zero-order valence-electron chi connectivity index (χ0n) is 9.80. The molecule has 0 radical (unpaired) electrons. The third-order valence-electron chi connectivity index (χ3n) is 3.04. The Morgan fingerprint density at radius 3 is 2.71 bits per heavy atom. The fourth-order valence-corrected chi connectivity index (χ4v) is 1.99. The van der Waals surface area contributed by atoms with Crippen LogP contribution in [-0.2, 0) is 6.18 Å². The topological polar surface area (TPSA) is 15.3 Å². The van der Waals surface area contributed by atoms with Gasteiger partial charge >= 0.3 is 6.18 Å². The van der Waals surface area contributed by atoms with Crippen LogP contribution in [0, 0.1) is 0 Å². The molecule has 1 aromatic carbocycles. The van der Waals surface area contributed by atoms with Crippen molar-refractivity contribution in [3.63, 3.8) is 0 Å². The monoisotopic (exact) mass is 244 g/mol. The Balaban J connectivity index is 2.43. The number of hydrogen-bond acceptors (Lipinski definition) is 2. The van der Waals surface area contributed by atoms with Crippen LogP contribution in [0.3, 0.4) is 0 Å². The van der Waals surface area contributed by atoms with Crippen molar-refractivity contribution in [2.45, 2.75) is 25.6 Å². The number of nitrogens with one attached hydrogen (secondary N) is 1. The number of hydrogen-bond donors (Lipinski definition) is 1. The van der Waals surface area contributed by atoms with Gasteiger partial charge in [0, 0.05) is 19.6 Å². The molecule has 0 amide bonds. The number of fused-ring (bicyclic) bond motifs is 1. The van der Waals surface area contributed by atoms with Gasteiger partial charge in [0.15, 0.2) is 0 Å². The number of rotatable bonds is 0. The molecule has 2 rings (SSSR count). The lowest BCUT2D eigenvalue weighted by Gasteiger charge is -2.20. The van der Waals surface area contributed by atoms with Gasteiger partial charge in [0.25, 0.3) is 0 Å². The maximum absolute atomic E-state index is 12.6. The Kier molecular flexibility index (Phi) is 2.93. The third-order valence-corrected chi connectivity index (χ3v) is 3.04. The predicted molar refractivity (Wildman–Crippen MR) is 62.4 cm³/mol. The molecular weight excluding hydrogens is 229 g/mol. The molecule has 5 heteroatoms. The molecule has 1 heterocycles. The summed E-state index contributed by atoms with van der Waals surface area (Å²) in [6, 6.07) is 4.12. The smallest absolute Gasteiger partial charge is 0.381 e. The van der Waals surface area contributed by atoms with Gasteiger partial charge in [-0.3, -0.25) is 0 Å². The number of halogens is 3. The van der Waals surface area contributed by atoms with Crippen molar-refractivity contribution in [1.29, 1.82) is 0 Å². The van der Waals surface area contributed by atoms with Gasteiger partial charge in [-0.1, -0.05) is 0 Å². The number of alkyl halides is 3. The van der Waals surface area contributed by atoms with Crippen molar-refractivity contribution >= 4 is 11.4 Å². The van der Waals surface area contributed by atoms with E-state index in [1.165, 1.54) is 12.1 Å². The lowest BCUT2D eigenvalue weighted by Crippen LogP contribution is -2.20. The molecule has 17 heavy (non-hydrogen) atoms. The Hall–Kier alpha value is -1.39. The molecule has 0 aromatic heterocycles. The van der Waals surface area contributed by atoms with Gasteiger partial charge in [-0.25, -0.2) is 0 Å². The van der Waals surface area contributed by atoms with E-state index < -0.39 is 11.7 Å². The van der Waals surface area contributed by atoms with Crippen LogP contribution in [0.5, 0.6) is 0 Å². The lowest BCUT2D eigenvalue weighted by molar-refractivity contribution is -0.137. The van der Waals surface area contributed by atoms with Gasteiger partial charge in [-0.05, 0) is 31.5 Å². The molecule has 1 aliphatic heterocycles. The molecule has 1 N–H and O–H groups in total. The summed E-state index contributed by atoms with van der Waals surface area (Å²) in [5.41, 5.74) is 0.786. The normalized spacial score (nSPS) is 20.5.